The Kier molecular flexibility index (Phi) is 5.09. The summed E-state index contributed by atoms with van der Waals surface area (Å²) in [4.78, 5) is 2.52. The highest BCUT2D eigenvalue weighted by Crippen LogP contribution is 2.09. The van der Waals surface area contributed by atoms with Gasteiger partial charge in [0.15, 0.2) is 0 Å². The van der Waals surface area contributed by atoms with E-state index in [1.54, 1.807) is 0 Å². The third-order valence-corrected chi connectivity index (χ3v) is 2.60. The summed E-state index contributed by atoms with van der Waals surface area (Å²) in [6.07, 6.45) is 5.69. The molecule has 1 rings (SSSR count). The highest BCUT2D eigenvalue weighted by atomic mass is 15.2. The van der Waals surface area contributed by atoms with Gasteiger partial charge in [-0.05, 0) is 32.4 Å². The lowest BCUT2D eigenvalue weighted by Gasteiger charge is -2.15. The molecule has 1 unspecified atom stereocenters. The van der Waals surface area contributed by atoms with E-state index in [0.29, 0.717) is 0 Å². The molecule has 1 atom stereocenters. The molecule has 1 fully saturated rings. The number of nitrogens with zero attached hydrogens (tertiary/aromatic N) is 1. The van der Waals surface area contributed by atoms with Crippen molar-refractivity contribution in [3.8, 4) is 0 Å². The van der Waals surface area contributed by atoms with Gasteiger partial charge in [-0.3, -0.25) is 0 Å². The van der Waals surface area contributed by atoms with Gasteiger partial charge in [-0.1, -0.05) is 13.0 Å². The van der Waals surface area contributed by atoms with Crippen LogP contribution in [0.4, 0.5) is 0 Å². The SMILES string of the molecule is C=CCCN1CCC(NCCC)C1. The molecule has 1 saturated heterocycles. The Hall–Kier alpha value is -0.340. The van der Waals surface area contributed by atoms with Crippen LogP contribution in [0.1, 0.15) is 26.2 Å². The summed E-state index contributed by atoms with van der Waals surface area (Å²) in [6, 6.07) is 0.741. The number of rotatable bonds is 6. The van der Waals surface area contributed by atoms with Crippen molar-refractivity contribution in [2.75, 3.05) is 26.2 Å². The van der Waals surface area contributed by atoms with Crippen LogP contribution < -0.4 is 5.32 Å². The summed E-state index contributed by atoms with van der Waals surface area (Å²) in [5, 5.41) is 3.57. The smallest absolute Gasteiger partial charge is 0.0207 e. The van der Waals surface area contributed by atoms with Crippen LogP contribution in [0.25, 0.3) is 0 Å². The van der Waals surface area contributed by atoms with Gasteiger partial charge in [0.05, 0.1) is 0 Å². The van der Waals surface area contributed by atoms with Crippen molar-refractivity contribution in [1.82, 2.24) is 10.2 Å². The number of nitrogens with one attached hydrogen (secondary N) is 1. The molecule has 0 saturated carbocycles. The molecule has 13 heavy (non-hydrogen) atoms. The third-order valence-electron chi connectivity index (χ3n) is 2.60. The van der Waals surface area contributed by atoms with E-state index in [1.807, 2.05) is 6.08 Å². The zero-order valence-corrected chi connectivity index (χ0v) is 8.76. The highest BCUT2D eigenvalue weighted by Gasteiger charge is 2.20. The third kappa shape index (κ3) is 3.92. The monoisotopic (exact) mass is 182 g/mol. The van der Waals surface area contributed by atoms with Crippen LogP contribution >= 0.6 is 0 Å². The Labute approximate surface area is 82.0 Å². The maximum absolute atomic E-state index is 3.75. The van der Waals surface area contributed by atoms with Crippen LogP contribution in [-0.2, 0) is 0 Å². The largest absolute Gasteiger partial charge is 0.313 e. The molecule has 0 radical (unpaired) electrons. The molecule has 0 aliphatic carbocycles. The van der Waals surface area contributed by atoms with Gasteiger partial charge in [0.1, 0.15) is 0 Å². The average molecular weight is 182 g/mol. The fourth-order valence-corrected chi connectivity index (χ4v) is 1.82. The lowest BCUT2D eigenvalue weighted by molar-refractivity contribution is 0.334. The van der Waals surface area contributed by atoms with Gasteiger partial charge in [0, 0.05) is 19.1 Å². The molecule has 1 aliphatic rings. The van der Waals surface area contributed by atoms with Crippen molar-refractivity contribution in [3.05, 3.63) is 12.7 Å². The van der Waals surface area contributed by atoms with E-state index >= 15 is 0 Å². The molecule has 76 valence electrons. The average Bonchev–Trinajstić information content (AvgIpc) is 2.59. The summed E-state index contributed by atoms with van der Waals surface area (Å²) in [6.45, 7) is 10.8. The predicted octanol–water partition coefficient (Wildman–Crippen LogP) is 1.64. The Morgan fingerprint density at radius 1 is 1.62 bits per heavy atom. The van der Waals surface area contributed by atoms with Gasteiger partial charge in [-0.2, -0.15) is 0 Å². The summed E-state index contributed by atoms with van der Waals surface area (Å²) in [5.41, 5.74) is 0. The molecule has 2 heteroatoms. The standard InChI is InChI=1S/C11H22N2/c1-3-5-8-13-9-6-11(10-13)12-7-4-2/h3,11-12H,1,4-10H2,2H3. The second-order valence-corrected chi connectivity index (χ2v) is 3.82. The van der Waals surface area contributed by atoms with Crippen molar-refractivity contribution < 1.29 is 0 Å². The Morgan fingerprint density at radius 2 is 2.46 bits per heavy atom. The highest BCUT2D eigenvalue weighted by molar-refractivity contribution is 4.82. The molecule has 0 bridgehead atoms. The Morgan fingerprint density at radius 3 is 3.15 bits per heavy atom. The maximum atomic E-state index is 3.75. The van der Waals surface area contributed by atoms with Crippen molar-refractivity contribution in [2.24, 2.45) is 0 Å². The van der Waals surface area contributed by atoms with E-state index in [4.69, 9.17) is 0 Å². The first-order valence-electron chi connectivity index (χ1n) is 5.43. The maximum Gasteiger partial charge on any atom is 0.0207 e. The summed E-state index contributed by atoms with van der Waals surface area (Å²) in [5.74, 6) is 0. The van der Waals surface area contributed by atoms with Crippen LogP contribution in [0.2, 0.25) is 0 Å². The molecular weight excluding hydrogens is 160 g/mol. The first-order chi connectivity index (χ1) is 6.36. The van der Waals surface area contributed by atoms with Crippen LogP contribution in [0.15, 0.2) is 12.7 Å². The van der Waals surface area contributed by atoms with Gasteiger partial charge < -0.3 is 10.2 Å². The predicted molar refractivity (Wildman–Crippen MR) is 58.0 cm³/mol. The zero-order valence-electron chi connectivity index (χ0n) is 8.76. The second-order valence-electron chi connectivity index (χ2n) is 3.82. The van der Waals surface area contributed by atoms with Gasteiger partial charge in [0.25, 0.3) is 0 Å². The molecular formula is C11H22N2. The topological polar surface area (TPSA) is 15.3 Å². The first-order valence-corrected chi connectivity index (χ1v) is 5.43. The number of likely N-dealkylation sites (tertiary alicyclic amines) is 1. The van der Waals surface area contributed by atoms with Gasteiger partial charge in [-0.15, -0.1) is 6.58 Å². The lowest BCUT2D eigenvalue weighted by atomic mass is 10.2. The van der Waals surface area contributed by atoms with Crippen LogP contribution in [-0.4, -0.2) is 37.1 Å². The molecule has 1 N–H and O–H groups in total. The molecule has 0 aromatic heterocycles. The van der Waals surface area contributed by atoms with E-state index in [9.17, 15) is 0 Å². The summed E-state index contributed by atoms with van der Waals surface area (Å²) >= 11 is 0. The lowest BCUT2D eigenvalue weighted by Crippen LogP contribution is -2.33. The van der Waals surface area contributed by atoms with Gasteiger partial charge in [-0.25, -0.2) is 0 Å². The van der Waals surface area contributed by atoms with Crippen LogP contribution in [0, 0.1) is 0 Å². The molecule has 0 spiro atoms. The number of hydrogen-bond donors (Lipinski definition) is 1. The van der Waals surface area contributed by atoms with Crippen molar-refractivity contribution in [2.45, 2.75) is 32.2 Å². The van der Waals surface area contributed by atoms with Crippen molar-refractivity contribution in [3.63, 3.8) is 0 Å². The molecule has 0 aromatic rings. The van der Waals surface area contributed by atoms with Crippen molar-refractivity contribution >= 4 is 0 Å². The minimum Gasteiger partial charge on any atom is -0.313 e. The fourth-order valence-electron chi connectivity index (χ4n) is 1.82. The van der Waals surface area contributed by atoms with Crippen LogP contribution in [0.3, 0.4) is 0 Å². The summed E-state index contributed by atoms with van der Waals surface area (Å²) in [7, 11) is 0. The molecule has 1 aliphatic heterocycles. The molecule has 2 nitrogen and oxygen atoms in total. The second kappa shape index (κ2) is 6.17. The van der Waals surface area contributed by atoms with E-state index in [1.165, 1.54) is 39.0 Å². The quantitative estimate of drug-likeness (QED) is 0.628. The molecule has 1 heterocycles. The van der Waals surface area contributed by atoms with E-state index in [0.717, 1.165) is 12.5 Å². The molecule has 0 aromatic carbocycles. The Balaban J connectivity index is 2.08. The zero-order chi connectivity index (χ0) is 9.52. The fraction of sp³-hybridized carbons (Fsp3) is 0.818. The number of hydrogen-bond acceptors (Lipinski definition) is 2. The minimum absolute atomic E-state index is 0.741. The van der Waals surface area contributed by atoms with Gasteiger partial charge in [0.2, 0.25) is 0 Å². The van der Waals surface area contributed by atoms with Gasteiger partial charge >= 0.3 is 0 Å². The van der Waals surface area contributed by atoms with E-state index in [-0.39, 0.29) is 0 Å². The first kappa shape index (κ1) is 10.7. The summed E-state index contributed by atoms with van der Waals surface area (Å²) < 4.78 is 0. The van der Waals surface area contributed by atoms with Crippen molar-refractivity contribution in [1.29, 1.82) is 0 Å². The Bertz CT molecular complexity index is 145. The normalized spacial score (nSPS) is 23.6. The minimum atomic E-state index is 0.741. The van der Waals surface area contributed by atoms with Crippen LogP contribution in [0.5, 0.6) is 0 Å². The molecule has 0 amide bonds. The van der Waals surface area contributed by atoms with E-state index in [2.05, 4.69) is 23.7 Å². The van der Waals surface area contributed by atoms with E-state index < -0.39 is 0 Å².